The summed E-state index contributed by atoms with van der Waals surface area (Å²) in [7, 11) is 0. The van der Waals surface area contributed by atoms with Crippen LogP contribution in [-0.2, 0) is 6.42 Å². The molecule has 0 aliphatic carbocycles. The van der Waals surface area contributed by atoms with Crippen molar-refractivity contribution >= 4 is 11.5 Å². The zero-order valence-electron chi connectivity index (χ0n) is 10.8. The van der Waals surface area contributed by atoms with Crippen molar-refractivity contribution in [3.8, 4) is 0 Å². The van der Waals surface area contributed by atoms with Gasteiger partial charge in [-0.15, -0.1) is 6.58 Å². The quantitative estimate of drug-likeness (QED) is 0.360. The highest BCUT2D eigenvalue weighted by molar-refractivity contribution is 6.12. The van der Waals surface area contributed by atoms with Crippen molar-refractivity contribution in [2.24, 2.45) is 0 Å². The van der Waals surface area contributed by atoms with Gasteiger partial charge in [0.2, 0.25) is 0 Å². The van der Waals surface area contributed by atoms with Gasteiger partial charge in [-0.05, 0) is 12.0 Å². The molecule has 0 bridgehead atoms. The first-order chi connectivity index (χ1) is 9.65. The Kier molecular flexibility index (Phi) is 4.05. The second-order valence-corrected chi connectivity index (χ2v) is 4.26. The first kappa shape index (κ1) is 13.7. The molecule has 2 aromatic carbocycles. The van der Waals surface area contributed by atoms with Gasteiger partial charge in [0.15, 0.2) is 5.78 Å². The fraction of sp³-hybridized carbons (Fsp3) is 0.0625. The van der Waals surface area contributed by atoms with Gasteiger partial charge < -0.3 is 0 Å². The fourth-order valence-corrected chi connectivity index (χ4v) is 2.06. The first-order valence-electron chi connectivity index (χ1n) is 6.12. The van der Waals surface area contributed by atoms with Gasteiger partial charge in [0, 0.05) is 11.6 Å². The van der Waals surface area contributed by atoms with E-state index in [9.17, 15) is 14.9 Å². The highest BCUT2D eigenvalue weighted by Gasteiger charge is 2.24. The van der Waals surface area contributed by atoms with Crippen LogP contribution in [0.4, 0.5) is 5.69 Å². The Bertz CT molecular complexity index is 663. The van der Waals surface area contributed by atoms with Crippen LogP contribution in [-0.4, -0.2) is 10.7 Å². The summed E-state index contributed by atoms with van der Waals surface area (Å²) in [6, 6.07) is 13.2. The van der Waals surface area contributed by atoms with Crippen LogP contribution >= 0.6 is 0 Å². The van der Waals surface area contributed by atoms with Gasteiger partial charge in [0.05, 0.1) is 4.92 Å². The summed E-state index contributed by atoms with van der Waals surface area (Å²) in [5, 5.41) is 11.1. The van der Waals surface area contributed by atoms with Gasteiger partial charge in [-0.2, -0.15) is 0 Å². The van der Waals surface area contributed by atoms with Crippen LogP contribution in [0.3, 0.4) is 0 Å². The highest BCUT2D eigenvalue weighted by Crippen LogP contribution is 2.26. The van der Waals surface area contributed by atoms with E-state index in [4.69, 9.17) is 0 Å². The van der Waals surface area contributed by atoms with Crippen molar-refractivity contribution in [2.45, 2.75) is 6.42 Å². The van der Waals surface area contributed by atoms with Gasteiger partial charge in [0.1, 0.15) is 5.56 Å². The minimum absolute atomic E-state index is 0.142. The molecule has 0 aromatic heterocycles. The lowest BCUT2D eigenvalue weighted by molar-refractivity contribution is -0.385. The lowest BCUT2D eigenvalue weighted by Gasteiger charge is -2.08. The van der Waals surface area contributed by atoms with Crippen LogP contribution < -0.4 is 0 Å². The second kappa shape index (κ2) is 5.93. The van der Waals surface area contributed by atoms with Crippen molar-refractivity contribution in [1.82, 2.24) is 0 Å². The fourth-order valence-electron chi connectivity index (χ4n) is 2.06. The Balaban J connectivity index is 2.61. The van der Waals surface area contributed by atoms with Gasteiger partial charge in [-0.1, -0.05) is 48.5 Å². The molecule has 2 rings (SSSR count). The smallest absolute Gasteiger partial charge is 0.280 e. The molecule has 0 radical (unpaired) electrons. The number of nitrogens with zero attached hydrogens (tertiary/aromatic N) is 1. The predicted octanol–water partition coefficient (Wildman–Crippen LogP) is 3.55. The first-order valence-corrected chi connectivity index (χ1v) is 6.12. The molecule has 0 aliphatic heterocycles. The van der Waals surface area contributed by atoms with E-state index in [0.717, 1.165) is 0 Å². The van der Waals surface area contributed by atoms with E-state index >= 15 is 0 Å². The van der Waals surface area contributed by atoms with Gasteiger partial charge in [0.25, 0.3) is 5.69 Å². The molecule has 0 atom stereocenters. The topological polar surface area (TPSA) is 60.2 Å². The van der Waals surface area contributed by atoms with E-state index in [0.29, 0.717) is 17.5 Å². The van der Waals surface area contributed by atoms with Crippen molar-refractivity contribution in [3.63, 3.8) is 0 Å². The lowest BCUT2D eigenvalue weighted by Crippen LogP contribution is -2.09. The number of carbonyl (C=O) groups is 1. The van der Waals surface area contributed by atoms with Crippen molar-refractivity contribution in [3.05, 3.63) is 88.0 Å². The summed E-state index contributed by atoms with van der Waals surface area (Å²) in [6.45, 7) is 3.62. The van der Waals surface area contributed by atoms with Crippen LogP contribution in [0.25, 0.3) is 0 Å². The predicted molar refractivity (Wildman–Crippen MR) is 76.9 cm³/mol. The molecule has 2 aromatic rings. The number of nitro groups is 1. The Hall–Kier alpha value is -2.75. The van der Waals surface area contributed by atoms with E-state index in [1.165, 1.54) is 6.07 Å². The Morgan fingerprint density at radius 3 is 2.45 bits per heavy atom. The Labute approximate surface area is 116 Å². The summed E-state index contributed by atoms with van der Waals surface area (Å²) in [4.78, 5) is 23.1. The SMILES string of the molecule is C=CCc1cccc([N+](=O)[O-])c1C(=O)c1ccccc1. The Morgan fingerprint density at radius 1 is 1.15 bits per heavy atom. The minimum atomic E-state index is -0.525. The molecule has 0 spiro atoms. The molecule has 0 amide bonds. The van der Waals surface area contributed by atoms with E-state index in [1.54, 1.807) is 48.5 Å². The van der Waals surface area contributed by atoms with E-state index in [-0.39, 0.29) is 17.0 Å². The number of ketones is 1. The molecule has 4 heteroatoms. The summed E-state index contributed by atoms with van der Waals surface area (Å²) in [5.41, 5.74) is 1.02. The summed E-state index contributed by atoms with van der Waals surface area (Å²) < 4.78 is 0. The minimum Gasteiger partial charge on any atom is -0.288 e. The molecular formula is C16H13NO3. The number of rotatable bonds is 5. The van der Waals surface area contributed by atoms with Crippen LogP contribution in [0.1, 0.15) is 21.5 Å². The van der Waals surface area contributed by atoms with E-state index in [2.05, 4.69) is 6.58 Å². The third-order valence-corrected chi connectivity index (χ3v) is 2.95. The molecule has 100 valence electrons. The highest BCUT2D eigenvalue weighted by atomic mass is 16.6. The molecule has 0 saturated carbocycles. The number of nitro benzene ring substituents is 1. The Morgan fingerprint density at radius 2 is 1.85 bits per heavy atom. The van der Waals surface area contributed by atoms with E-state index in [1.807, 2.05) is 0 Å². The number of carbonyl (C=O) groups excluding carboxylic acids is 1. The average molecular weight is 267 g/mol. The van der Waals surface area contributed by atoms with Gasteiger partial charge in [-0.3, -0.25) is 14.9 Å². The third kappa shape index (κ3) is 2.64. The number of hydrogen-bond donors (Lipinski definition) is 0. The largest absolute Gasteiger partial charge is 0.288 e. The van der Waals surface area contributed by atoms with Crippen LogP contribution in [0, 0.1) is 10.1 Å². The van der Waals surface area contributed by atoms with E-state index < -0.39 is 4.92 Å². The van der Waals surface area contributed by atoms with Crippen LogP contribution in [0.15, 0.2) is 61.2 Å². The zero-order chi connectivity index (χ0) is 14.5. The molecule has 4 nitrogen and oxygen atoms in total. The lowest BCUT2D eigenvalue weighted by atomic mass is 9.95. The molecule has 0 saturated heterocycles. The molecule has 0 N–H and O–H groups in total. The maximum Gasteiger partial charge on any atom is 0.280 e. The summed E-state index contributed by atoms with van der Waals surface area (Å²) in [6.07, 6.45) is 2.04. The normalized spacial score (nSPS) is 10.0. The third-order valence-electron chi connectivity index (χ3n) is 2.95. The number of allylic oxidation sites excluding steroid dienone is 1. The molecule has 0 fully saturated rings. The standard InChI is InChI=1S/C16H13NO3/c1-2-7-12-10-6-11-14(17(19)20)15(12)16(18)13-8-4-3-5-9-13/h2-6,8-11H,1,7H2. The van der Waals surface area contributed by atoms with Crippen molar-refractivity contribution < 1.29 is 9.72 Å². The molecule has 20 heavy (non-hydrogen) atoms. The van der Waals surface area contributed by atoms with Gasteiger partial charge >= 0.3 is 0 Å². The monoisotopic (exact) mass is 267 g/mol. The molecule has 0 unspecified atom stereocenters. The molecule has 0 aliphatic rings. The molecular weight excluding hydrogens is 254 g/mol. The summed E-state index contributed by atoms with van der Waals surface area (Å²) in [5.74, 6) is -0.338. The zero-order valence-corrected chi connectivity index (χ0v) is 10.8. The maximum atomic E-state index is 12.5. The second-order valence-electron chi connectivity index (χ2n) is 4.26. The average Bonchev–Trinajstić information content (AvgIpc) is 2.47. The molecule has 0 heterocycles. The van der Waals surface area contributed by atoms with Crippen LogP contribution in [0.5, 0.6) is 0 Å². The van der Waals surface area contributed by atoms with Crippen LogP contribution in [0.2, 0.25) is 0 Å². The maximum absolute atomic E-state index is 12.5. The number of hydrogen-bond acceptors (Lipinski definition) is 3. The van der Waals surface area contributed by atoms with Crippen molar-refractivity contribution in [1.29, 1.82) is 0 Å². The summed E-state index contributed by atoms with van der Waals surface area (Å²) >= 11 is 0. The number of benzene rings is 2. The van der Waals surface area contributed by atoms with Gasteiger partial charge in [-0.25, -0.2) is 0 Å². The van der Waals surface area contributed by atoms with Crippen molar-refractivity contribution in [2.75, 3.05) is 0 Å².